The third kappa shape index (κ3) is 2.43. The molecule has 0 spiro atoms. The fourth-order valence-corrected chi connectivity index (χ4v) is 2.36. The zero-order chi connectivity index (χ0) is 11.9. The van der Waals surface area contributed by atoms with Crippen molar-refractivity contribution in [2.45, 2.75) is 34.6 Å². The zero-order valence-corrected chi connectivity index (χ0v) is 14.1. The quantitative estimate of drug-likeness (QED) is 0.793. The van der Waals surface area contributed by atoms with Gasteiger partial charge in [0.25, 0.3) is 0 Å². The molecule has 3 heteroatoms. The van der Waals surface area contributed by atoms with E-state index < -0.39 is 0 Å². The number of nitrogens with one attached hydrogen (secondary N) is 1. The van der Waals surface area contributed by atoms with Crippen molar-refractivity contribution in [2.24, 2.45) is 5.10 Å². The van der Waals surface area contributed by atoms with Gasteiger partial charge in [-0.15, -0.1) is 16.7 Å². The van der Waals surface area contributed by atoms with E-state index in [2.05, 4.69) is 51.6 Å². The summed E-state index contributed by atoms with van der Waals surface area (Å²) in [4.78, 5) is 0. The molecule has 2 rings (SSSR count). The first-order chi connectivity index (χ1) is 7.54. The molecular formula is C14H19N2Y+2. The Morgan fingerprint density at radius 2 is 1.35 bits per heavy atom. The van der Waals surface area contributed by atoms with Crippen LogP contribution in [0, 0.1) is 41.0 Å². The molecule has 0 bridgehead atoms. The maximum Gasteiger partial charge on any atom is 3.00 e. The monoisotopic (exact) mass is 304 g/mol. The largest absolute Gasteiger partial charge is 3.00 e. The van der Waals surface area contributed by atoms with Gasteiger partial charge in [-0.1, -0.05) is 30.7 Å². The van der Waals surface area contributed by atoms with E-state index in [-0.39, 0.29) is 32.7 Å². The van der Waals surface area contributed by atoms with E-state index in [9.17, 15) is 0 Å². The van der Waals surface area contributed by atoms with Crippen LogP contribution in [-0.4, -0.2) is 12.3 Å². The second kappa shape index (κ2) is 5.54. The molecule has 1 heterocycles. The van der Waals surface area contributed by atoms with Gasteiger partial charge in [0.15, 0.2) is 0 Å². The first-order valence-electron chi connectivity index (χ1n) is 5.75. The molecule has 0 radical (unpaired) electrons. The Morgan fingerprint density at radius 3 is 1.76 bits per heavy atom. The van der Waals surface area contributed by atoms with E-state index in [0.29, 0.717) is 0 Å². The van der Waals surface area contributed by atoms with E-state index in [4.69, 9.17) is 0 Å². The molecule has 0 aliphatic carbocycles. The summed E-state index contributed by atoms with van der Waals surface area (Å²) in [6.07, 6.45) is 2.16. The predicted molar refractivity (Wildman–Crippen MR) is 69.0 cm³/mol. The summed E-state index contributed by atoms with van der Waals surface area (Å²) >= 11 is 0. The number of hydrazone groups is 1. The van der Waals surface area contributed by atoms with Gasteiger partial charge < -0.3 is 5.43 Å². The van der Waals surface area contributed by atoms with Crippen LogP contribution in [0.3, 0.4) is 0 Å². The SMILES string of the molecule is Cc1c(C)c(C)c(C2=NNC[CH-]2)c(C)c1C.[Y+3]. The van der Waals surface area contributed by atoms with Gasteiger partial charge in [0.05, 0.1) is 0 Å². The van der Waals surface area contributed by atoms with Gasteiger partial charge in [-0.25, -0.2) is 5.10 Å². The Morgan fingerprint density at radius 1 is 0.882 bits per heavy atom. The van der Waals surface area contributed by atoms with Crippen molar-refractivity contribution in [3.05, 3.63) is 39.8 Å². The van der Waals surface area contributed by atoms with Crippen LogP contribution in [0.15, 0.2) is 5.10 Å². The molecule has 0 unspecified atom stereocenters. The van der Waals surface area contributed by atoms with Crippen LogP contribution < -0.4 is 5.43 Å². The summed E-state index contributed by atoms with van der Waals surface area (Å²) in [5.74, 6) is 0. The van der Waals surface area contributed by atoms with Crippen LogP contribution in [-0.2, 0) is 32.7 Å². The molecule has 2 nitrogen and oxygen atoms in total. The standard InChI is InChI=1S/C14H19N2.Y/c1-8-9(2)11(4)14(12(5)10(8)3)13-6-7-15-16-13;/h6,15H,7H2,1-5H3;/q-1;+3. The molecular weight excluding hydrogens is 285 g/mol. The summed E-state index contributed by atoms with van der Waals surface area (Å²) in [5, 5.41) is 4.35. The molecule has 0 atom stereocenters. The van der Waals surface area contributed by atoms with E-state index in [1.54, 1.807) is 0 Å². The predicted octanol–water partition coefficient (Wildman–Crippen LogP) is 2.74. The van der Waals surface area contributed by atoms with Crippen molar-refractivity contribution >= 4 is 5.71 Å². The molecule has 1 aliphatic rings. The Labute approximate surface area is 129 Å². The first-order valence-corrected chi connectivity index (χ1v) is 5.75. The maximum absolute atomic E-state index is 4.35. The summed E-state index contributed by atoms with van der Waals surface area (Å²) < 4.78 is 0. The summed E-state index contributed by atoms with van der Waals surface area (Å²) in [6.45, 7) is 11.8. The molecule has 0 aromatic heterocycles. The molecule has 0 saturated heterocycles. The van der Waals surface area contributed by atoms with Crippen LogP contribution in [0.4, 0.5) is 0 Å². The molecule has 0 amide bonds. The first kappa shape index (κ1) is 14.7. The average Bonchev–Trinajstić information content (AvgIpc) is 2.77. The molecule has 17 heavy (non-hydrogen) atoms. The maximum atomic E-state index is 4.35. The van der Waals surface area contributed by atoms with E-state index in [0.717, 1.165) is 12.3 Å². The number of hydrogen-bond acceptors (Lipinski definition) is 2. The van der Waals surface area contributed by atoms with Gasteiger partial charge in [0.1, 0.15) is 0 Å². The summed E-state index contributed by atoms with van der Waals surface area (Å²) in [6, 6.07) is 0. The molecule has 0 fully saturated rings. The zero-order valence-electron chi connectivity index (χ0n) is 11.3. The molecule has 1 aliphatic heterocycles. The van der Waals surface area contributed by atoms with Crippen LogP contribution in [0.1, 0.15) is 33.4 Å². The Balaban J connectivity index is 0.00000144. The molecule has 0 saturated carbocycles. The molecule has 86 valence electrons. The van der Waals surface area contributed by atoms with E-state index >= 15 is 0 Å². The molecule has 1 N–H and O–H groups in total. The second-order valence-electron chi connectivity index (χ2n) is 4.56. The Bertz CT molecular complexity index is 447. The third-order valence-corrected chi connectivity index (χ3v) is 3.84. The van der Waals surface area contributed by atoms with Crippen molar-refractivity contribution in [1.82, 2.24) is 5.43 Å². The minimum atomic E-state index is 0. The van der Waals surface area contributed by atoms with Crippen LogP contribution >= 0.6 is 0 Å². The van der Waals surface area contributed by atoms with Crippen LogP contribution in [0.5, 0.6) is 0 Å². The van der Waals surface area contributed by atoms with Gasteiger partial charge in [-0.3, -0.25) is 0 Å². The smallest absolute Gasteiger partial charge is 0.325 e. The topological polar surface area (TPSA) is 24.4 Å². The Hall–Kier alpha value is -0.336. The second-order valence-corrected chi connectivity index (χ2v) is 4.56. The van der Waals surface area contributed by atoms with Gasteiger partial charge >= 0.3 is 32.7 Å². The normalized spacial score (nSPS) is 13.6. The number of nitrogens with zero attached hydrogens (tertiary/aromatic N) is 1. The van der Waals surface area contributed by atoms with E-state index in [1.165, 1.54) is 33.4 Å². The van der Waals surface area contributed by atoms with Crippen molar-refractivity contribution < 1.29 is 32.7 Å². The van der Waals surface area contributed by atoms with E-state index in [1.807, 2.05) is 0 Å². The average molecular weight is 304 g/mol. The number of benzene rings is 1. The van der Waals surface area contributed by atoms with Crippen molar-refractivity contribution in [2.75, 3.05) is 6.54 Å². The van der Waals surface area contributed by atoms with Crippen LogP contribution in [0.25, 0.3) is 0 Å². The van der Waals surface area contributed by atoms with Gasteiger partial charge in [0.2, 0.25) is 0 Å². The number of hydrogen-bond donors (Lipinski definition) is 1. The van der Waals surface area contributed by atoms with Crippen molar-refractivity contribution in [1.29, 1.82) is 0 Å². The van der Waals surface area contributed by atoms with Gasteiger partial charge in [-0.05, 0) is 32.9 Å². The van der Waals surface area contributed by atoms with Crippen molar-refractivity contribution in [3.8, 4) is 0 Å². The fraction of sp³-hybridized carbons (Fsp3) is 0.429. The van der Waals surface area contributed by atoms with Crippen molar-refractivity contribution in [3.63, 3.8) is 0 Å². The Kier molecular flexibility index (Phi) is 4.80. The molecule has 1 aromatic carbocycles. The summed E-state index contributed by atoms with van der Waals surface area (Å²) in [5.41, 5.74) is 12.3. The third-order valence-electron chi connectivity index (χ3n) is 3.84. The number of rotatable bonds is 1. The fourth-order valence-electron chi connectivity index (χ4n) is 2.36. The van der Waals surface area contributed by atoms with Crippen LogP contribution in [0.2, 0.25) is 0 Å². The molecule has 1 aromatic rings. The van der Waals surface area contributed by atoms with Gasteiger partial charge in [0, 0.05) is 0 Å². The van der Waals surface area contributed by atoms with Gasteiger partial charge in [-0.2, -0.15) is 6.42 Å². The minimum absolute atomic E-state index is 0. The minimum Gasteiger partial charge on any atom is -0.325 e. The summed E-state index contributed by atoms with van der Waals surface area (Å²) in [7, 11) is 0.